The maximum absolute atomic E-state index is 14.3. The Bertz CT molecular complexity index is 822. The summed E-state index contributed by atoms with van der Waals surface area (Å²) in [7, 11) is 0. The number of halogens is 6. The fraction of sp³-hybridized carbons (Fsp3) is 0.579. The molecule has 0 spiro atoms. The molecule has 0 radical (unpaired) electrons. The Morgan fingerprint density at radius 3 is 2.33 bits per heavy atom. The third-order valence-corrected chi connectivity index (χ3v) is 4.61. The molecule has 1 N–H and O–H groups in total. The largest absolute Gasteiger partial charge is 0.444 e. The van der Waals surface area contributed by atoms with E-state index in [0.29, 0.717) is 17.0 Å². The van der Waals surface area contributed by atoms with Crippen LogP contribution in [0.25, 0.3) is 0 Å². The fourth-order valence-corrected chi connectivity index (χ4v) is 3.39. The summed E-state index contributed by atoms with van der Waals surface area (Å²) < 4.78 is 85.8. The minimum Gasteiger partial charge on any atom is -0.444 e. The van der Waals surface area contributed by atoms with Crippen molar-refractivity contribution in [1.29, 1.82) is 0 Å². The predicted molar refractivity (Wildman–Crippen MR) is 94.1 cm³/mol. The van der Waals surface area contributed by atoms with E-state index in [1.165, 1.54) is 6.92 Å². The third kappa shape index (κ3) is 5.79. The first kappa shape index (κ1) is 23.8. The van der Waals surface area contributed by atoms with Gasteiger partial charge in [0.1, 0.15) is 24.0 Å². The molecular formula is C19H22F6N2O3. The van der Waals surface area contributed by atoms with Gasteiger partial charge in [-0.2, -0.15) is 13.2 Å². The van der Waals surface area contributed by atoms with Crippen LogP contribution in [0.5, 0.6) is 0 Å². The van der Waals surface area contributed by atoms with E-state index in [1.54, 1.807) is 20.8 Å². The fourth-order valence-electron chi connectivity index (χ4n) is 3.39. The lowest BCUT2D eigenvalue weighted by Gasteiger charge is -2.43. The van der Waals surface area contributed by atoms with Gasteiger partial charge in [0.2, 0.25) is 5.91 Å². The highest BCUT2D eigenvalue weighted by molar-refractivity contribution is 5.87. The molecular weight excluding hydrogens is 418 g/mol. The van der Waals surface area contributed by atoms with E-state index in [1.807, 2.05) is 0 Å². The number of alkyl carbamates (subject to hydrolysis) is 1. The molecule has 3 atom stereocenters. The van der Waals surface area contributed by atoms with Crippen molar-refractivity contribution in [2.75, 3.05) is 6.54 Å². The van der Waals surface area contributed by atoms with Gasteiger partial charge in [-0.15, -0.1) is 0 Å². The third-order valence-electron chi connectivity index (χ3n) is 4.61. The Morgan fingerprint density at radius 2 is 1.80 bits per heavy atom. The number of carbonyl (C=O) groups excluding carboxylic acids is 2. The minimum atomic E-state index is -4.78. The number of alkyl halides is 3. The summed E-state index contributed by atoms with van der Waals surface area (Å²) in [6, 6.07) is -1.77. The molecule has 2 amide bonds. The molecule has 1 aliphatic heterocycles. The van der Waals surface area contributed by atoms with E-state index in [4.69, 9.17) is 4.74 Å². The molecule has 1 saturated heterocycles. The summed E-state index contributed by atoms with van der Waals surface area (Å²) in [5, 5.41) is 2.18. The van der Waals surface area contributed by atoms with Crippen molar-refractivity contribution in [2.45, 2.75) is 63.9 Å². The Balaban J connectivity index is 2.42. The van der Waals surface area contributed by atoms with Crippen LogP contribution in [0.1, 0.15) is 45.6 Å². The summed E-state index contributed by atoms with van der Waals surface area (Å²) in [5.74, 6) is -6.32. The molecule has 168 valence electrons. The van der Waals surface area contributed by atoms with Crippen LogP contribution in [0.15, 0.2) is 12.1 Å². The van der Waals surface area contributed by atoms with Crippen LogP contribution in [-0.4, -0.2) is 47.3 Å². The number of hydrogen-bond acceptors (Lipinski definition) is 3. The molecule has 0 bridgehead atoms. The summed E-state index contributed by atoms with van der Waals surface area (Å²) >= 11 is 0. The molecule has 0 saturated carbocycles. The molecule has 11 heteroatoms. The zero-order valence-corrected chi connectivity index (χ0v) is 16.7. The van der Waals surface area contributed by atoms with Crippen LogP contribution in [0.4, 0.5) is 31.1 Å². The van der Waals surface area contributed by atoms with Crippen LogP contribution in [0.2, 0.25) is 0 Å². The molecule has 1 aromatic carbocycles. The topological polar surface area (TPSA) is 58.6 Å². The number of likely N-dealkylation sites (tertiary alicyclic amines) is 1. The average Bonchev–Trinajstić information content (AvgIpc) is 2.55. The van der Waals surface area contributed by atoms with Crippen molar-refractivity contribution < 1.29 is 40.7 Å². The quantitative estimate of drug-likeness (QED) is 0.565. The smallest absolute Gasteiger partial charge is 0.408 e. The summed E-state index contributed by atoms with van der Waals surface area (Å²) in [6.45, 7) is 4.18. The van der Waals surface area contributed by atoms with Crippen molar-refractivity contribution in [3.8, 4) is 0 Å². The van der Waals surface area contributed by atoms with E-state index >= 15 is 0 Å². The van der Waals surface area contributed by atoms with Crippen molar-refractivity contribution >= 4 is 12.0 Å². The molecule has 0 aliphatic carbocycles. The molecule has 1 aromatic rings. The molecule has 1 heterocycles. The van der Waals surface area contributed by atoms with Crippen molar-refractivity contribution in [1.82, 2.24) is 10.2 Å². The average molecular weight is 440 g/mol. The Kier molecular flexibility index (Phi) is 6.63. The molecule has 30 heavy (non-hydrogen) atoms. The molecule has 1 fully saturated rings. The van der Waals surface area contributed by atoms with Crippen molar-refractivity contribution in [2.24, 2.45) is 0 Å². The Labute approximate surface area is 169 Å². The number of piperidine rings is 1. The van der Waals surface area contributed by atoms with Crippen molar-refractivity contribution in [3.63, 3.8) is 0 Å². The van der Waals surface area contributed by atoms with Crippen LogP contribution < -0.4 is 5.32 Å². The van der Waals surface area contributed by atoms with Gasteiger partial charge in [-0.1, -0.05) is 0 Å². The number of rotatable bonds is 3. The number of benzene rings is 1. The maximum Gasteiger partial charge on any atom is 0.408 e. The highest BCUT2D eigenvalue weighted by atomic mass is 19.4. The van der Waals surface area contributed by atoms with Gasteiger partial charge in [0.05, 0.1) is 0 Å². The van der Waals surface area contributed by atoms with E-state index < -0.39 is 71.3 Å². The first-order chi connectivity index (χ1) is 13.6. The highest BCUT2D eigenvalue weighted by Crippen LogP contribution is 2.37. The molecule has 0 aromatic heterocycles. The summed E-state index contributed by atoms with van der Waals surface area (Å²) in [6.07, 6.45) is -6.21. The zero-order valence-electron chi connectivity index (χ0n) is 16.7. The van der Waals surface area contributed by atoms with Gasteiger partial charge in [0.15, 0.2) is 11.6 Å². The Hall–Kier alpha value is -2.46. The van der Waals surface area contributed by atoms with Gasteiger partial charge in [-0.3, -0.25) is 4.79 Å². The predicted octanol–water partition coefficient (Wildman–Crippen LogP) is 4.26. The lowest BCUT2D eigenvalue weighted by atomic mass is 9.81. The number of nitrogens with zero attached hydrogens (tertiary/aromatic N) is 1. The Morgan fingerprint density at radius 1 is 1.20 bits per heavy atom. The number of hydrogen-bond donors (Lipinski definition) is 1. The van der Waals surface area contributed by atoms with E-state index in [2.05, 4.69) is 5.32 Å². The number of amides is 2. The molecule has 5 nitrogen and oxygen atoms in total. The van der Waals surface area contributed by atoms with Gasteiger partial charge in [0.25, 0.3) is 0 Å². The zero-order chi connectivity index (χ0) is 23.0. The lowest BCUT2D eigenvalue weighted by Crippen LogP contribution is -2.60. The minimum absolute atomic E-state index is 0.307. The second-order valence-electron chi connectivity index (χ2n) is 8.15. The van der Waals surface area contributed by atoms with Crippen LogP contribution in [-0.2, 0) is 9.53 Å². The summed E-state index contributed by atoms with van der Waals surface area (Å²) in [4.78, 5) is 25.1. The monoisotopic (exact) mass is 440 g/mol. The molecule has 2 rings (SSSR count). The normalized spacial score (nSPS) is 22.8. The molecule has 3 unspecified atom stereocenters. The van der Waals surface area contributed by atoms with E-state index in [-0.39, 0.29) is 6.42 Å². The first-order valence-electron chi connectivity index (χ1n) is 9.10. The highest BCUT2D eigenvalue weighted by Gasteiger charge is 2.46. The van der Waals surface area contributed by atoms with Gasteiger partial charge < -0.3 is 15.0 Å². The number of ether oxygens (including phenoxy) is 1. The van der Waals surface area contributed by atoms with Gasteiger partial charge in [-0.05, 0) is 45.7 Å². The maximum atomic E-state index is 14.3. The number of carbonyl (C=O) groups is 2. The van der Waals surface area contributed by atoms with Gasteiger partial charge in [0, 0.05) is 18.0 Å². The van der Waals surface area contributed by atoms with E-state index in [0.717, 1.165) is 0 Å². The number of nitrogens with one attached hydrogen (secondary N) is 1. The molecule has 1 aliphatic rings. The standard InChI is InChI=1S/C19H22F6N2O3/c1-9-11(12-5-10(20)6-13(21)15(12)22)7-14(26-17(29)30-18(2,3)4)16(28)27(9)8-19(23,24)25/h5-6,9,11,14H,7-8H2,1-4H3,(H,26,29). The van der Waals surface area contributed by atoms with E-state index in [9.17, 15) is 35.9 Å². The van der Waals surface area contributed by atoms with Crippen molar-refractivity contribution in [3.05, 3.63) is 35.1 Å². The second-order valence-corrected chi connectivity index (χ2v) is 8.15. The first-order valence-corrected chi connectivity index (χ1v) is 9.10. The SMILES string of the molecule is CC1C(c2cc(F)cc(F)c2F)CC(NC(=O)OC(C)(C)C)C(=O)N1CC(F)(F)F. The van der Waals surface area contributed by atoms with Crippen LogP contribution in [0, 0.1) is 17.5 Å². The van der Waals surface area contributed by atoms with Crippen LogP contribution in [0.3, 0.4) is 0 Å². The summed E-state index contributed by atoms with van der Waals surface area (Å²) in [5.41, 5.74) is -1.46. The van der Waals surface area contributed by atoms with Gasteiger partial charge in [-0.25, -0.2) is 18.0 Å². The van der Waals surface area contributed by atoms with Crippen LogP contribution >= 0.6 is 0 Å². The van der Waals surface area contributed by atoms with Gasteiger partial charge >= 0.3 is 12.3 Å². The lowest BCUT2D eigenvalue weighted by molar-refractivity contribution is -0.171. The second kappa shape index (κ2) is 8.35.